The first-order valence-electron chi connectivity index (χ1n) is 6.51. The molecule has 3 nitrogen and oxygen atoms in total. The summed E-state index contributed by atoms with van der Waals surface area (Å²) < 4.78 is 0. The molecule has 1 atom stereocenters. The van der Waals surface area contributed by atoms with Crippen LogP contribution in [0.4, 0.5) is 0 Å². The Hall–Kier alpha value is -1.74. The molecule has 1 aromatic carbocycles. The van der Waals surface area contributed by atoms with Gasteiger partial charge in [0.25, 0.3) is 0 Å². The summed E-state index contributed by atoms with van der Waals surface area (Å²) >= 11 is 0. The van der Waals surface area contributed by atoms with Crippen LogP contribution in [-0.2, 0) is 0 Å². The Bertz CT molecular complexity index is 594. The smallest absolute Gasteiger partial charge is 0.165 e. The molecule has 0 fully saturated rings. The van der Waals surface area contributed by atoms with Crippen molar-refractivity contribution >= 4 is 16.6 Å². The molecule has 1 aromatic heterocycles. The van der Waals surface area contributed by atoms with Gasteiger partial charge in [0.05, 0.1) is 0 Å². The molecular weight excluding hydrogens is 236 g/mol. The molecule has 0 bridgehead atoms. The van der Waals surface area contributed by atoms with Gasteiger partial charge in [0.2, 0.25) is 0 Å². The van der Waals surface area contributed by atoms with Gasteiger partial charge in [-0.1, -0.05) is 39.0 Å². The Kier molecular flexibility index (Phi) is 3.67. The number of pyridine rings is 1. The van der Waals surface area contributed by atoms with Crippen LogP contribution in [0.25, 0.3) is 10.8 Å². The van der Waals surface area contributed by atoms with Crippen molar-refractivity contribution < 1.29 is 4.79 Å². The van der Waals surface area contributed by atoms with Gasteiger partial charge in [-0.15, -0.1) is 0 Å². The number of hydrogen-bond donors (Lipinski definition) is 1. The summed E-state index contributed by atoms with van der Waals surface area (Å²) in [5.74, 6) is 0.0843. The molecule has 0 amide bonds. The van der Waals surface area contributed by atoms with Gasteiger partial charge in [-0.3, -0.25) is 9.78 Å². The summed E-state index contributed by atoms with van der Waals surface area (Å²) in [6, 6.07) is 7.50. The quantitative estimate of drug-likeness (QED) is 0.858. The molecule has 100 valence electrons. The third kappa shape index (κ3) is 2.99. The predicted octanol–water partition coefficient (Wildman–Crippen LogP) is 3.18. The molecule has 0 aliphatic rings. The second kappa shape index (κ2) is 5.10. The third-order valence-corrected chi connectivity index (χ3v) is 3.50. The molecule has 2 aromatic rings. The number of carbonyl (C=O) groups excluding carboxylic acids is 1. The predicted molar refractivity (Wildman–Crippen MR) is 78.1 cm³/mol. The lowest BCUT2D eigenvalue weighted by atomic mass is 9.83. The minimum Gasteiger partial charge on any atom is -0.327 e. The third-order valence-electron chi connectivity index (χ3n) is 3.50. The summed E-state index contributed by atoms with van der Waals surface area (Å²) in [5, 5.41) is 1.93. The van der Waals surface area contributed by atoms with Crippen LogP contribution in [0.2, 0.25) is 0 Å². The summed E-state index contributed by atoms with van der Waals surface area (Å²) in [4.78, 5) is 16.5. The number of Topliss-reactive ketones (excluding diaryl/α,β-unsaturated/α-hetero) is 1. The molecule has 0 aliphatic carbocycles. The monoisotopic (exact) mass is 256 g/mol. The van der Waals surface area contributed by atoms with Crippen LogP contribution in [0.15, 0.2) is 36.7 Å². The molecular formula is C16H20N2O. The van der Waals surface area contributed by atoms with Gasteiger partial charge in [-0.05, 0) is 16.9 Å². The van der Waals surface area contributed by atoms with Crippen molar-refractivity contribution in [3.63, 3.8) is 0 Å². The zero-order valence-corrected chi connectivity index (χ0v) is 11.7. The first-order chi connectivity index (χ1) is 8.89. The van der Waals surface area contributed by atoms with Gasteiger partial charge in [-0.2, -0.15) is 0 Å². The van der Waals surface area contributed by atoms with Crippen LogP contribution in [0, 0.1) is 5.41 Å². The molecule has 0 aliphatic heterocycles. The van der Waals surface area contributed by atoms with Gasteiger partial charge in [0.1, 0.15) is 0 Å². The van der Waals surface area contributed by atoms with Crippen molar-refractivity contribution in [3.05, 3.63) is 42.2 Å². The number of aromatic nitrogens is 1. The molecule has 1 unspecified atom stereocenters. The summed E-state index contributed by atoms with van der Waals surface area (Å²) in [7, 11) is 0. The number of benzene rings is 1. The second-order valence-electron chi connectivity index (χ2n) is 6.00. The highest BCUT2D eigenvalue weighted by Crippen LogP contribution is 2.24. The van der Waals surface area contributed by atoms with Crippen molar-refractivity contribution in [2.24, 2.45) is 11.1 Å². The Morgan fingerprint density at radius 2 is 2.05 bits per heavy atom. The molecule has 0 saturated heterocycles. The number of nitrogens with two attached hydrogens (primary N) is 1. The molecule has 0 radical (unpaired) electrons. The van der Waals surface area contributed by atoms with Crippen LogP contribution in [0.5, 0.6) is 0 Å². The molecule has 2 N–H and O–H groups in total. The van der Waals surface area contributed by atoms with E-state index >= 15 is 0 Å². The zero-order valence-electron chi connectivity index (χ0n) is 11.7. The lowest BCUT2D eigenvalue weighted by Gasteiger charge is -2.26. The van der Waals surface area contributed by atoms with E-state index in [2.05, 4.69) is 25.8 Å². The fourth-order valence-corrected chi connectivity index (χ4v) is 1.97. The van der Waals surface area contributed by atoms with Crippen molar-refractivity contribution in [2.45, 2.75) is 33.2 Å². The van der Waals surface area contributed by atoms with Gasteiger partial charge >= 0.3 is 0 Å². The van der Waals surface area contributed by atoms with E-state index in [1.54, 1.807) is 12.4 Å². The molecule has 3 heteroatoms. The number of nitrogens with zero attached hydrogens (tertiary/aromatic N) is 1. The number of rotatable bonds is 3. The maximum atomic E-state index is 12.4. The Balaban J connectivity index is 2.32. The molecule has 19 heavy (non-hydrogen) atoms. The Morgan fingerprint density at radius 1 is 1.32 bits per heavy atom. The molecule has 2 rings (SSSR count). The zero-order chi connectivity index (χ0) is 14.0. The summed E-state index contributed by atoms with van der Waals surface area (Å²) in [6.45, 7) is 6.15. The highest BCUT2D eigenvalue weighted by molar-refractivity contribution is 6.08. The molecule has 1 heterocycles. The number of fused-ring (bicyclic) bond motifs is 1. The Morgan fingerprint density at radius 3 is 2.74 bits per heavy atom. The normalized spacial score (nSPS) is 13.5. The van der Waals surface area contributed by atoms with E-state index in [1.807, 2.05) is 24.3 Å². The van der Waals surface area contributed by atoms with E-state index in [-0.39, 0.29) is 17.2 Å². The summed E-state index contributed by atoms with van der Waals surface area (Å²) in [5.41, 5.74) is 6.74. The average molecular weight is 256 g/mol. The highest BCUT2D eigenvalue weighted by Gasteiger charge is 2.24. The lowest BCUT2D eigenvalue weighted by Crippen LogP contribution is -2.37. The van der Waals surface area contributed by atoms with Gasteiger partial charge < -0.3 is 5.73 Å². The van der Waals surface area contributed by atoms with Crippen LogP contribution < -0.4 is 5.73 Å². The van der Waals surface area contributed by atoms with Gasteiger partial charge in [-0.25, -0.2) is 0 Å². The van der Waals surface area contributed by atoms with Crippen molar-refractivity contribution in [3.8, 4) is 0 Å². The van der Waals surface area contributed by atoms with Gasteiger partial charge in [0.15, 0.2) is 5.78 Å². The molecule has 0 spiro atoms. The summed E-state index contributed by atoms with van der Waals surface area (Å²) in [6.07, 6.45) is 3.83. The lowest BCUT2D eigenvalue weighted by molar-refractivity contribution is 0.0955. The van der Waals surface area contributed by atoms with Crippen LogP contribution in [0.1, 0.15) is 37.6 Å². The largest absolute Gasteiger partial charge is 0.327 e. The van der Waals surface area contributed by atoms with Crippen LogP contribution in [0.3, 0.4) is 0 Å². The fourth-order valence-electron chi connectivity index (χ4n) is 1.97. The second-order valence-corrected chi connectivity index (χ2v) is 6.00. The number of carbonyl (C=O) groups is 1. The van der Waals surface area contributed by atoms with E-state index in [1.165, 1.54) is 0 Å². The Labute approximate surface area is 113 Å². The van der Waals surface area contributed by atoms with E-state index in [0.29, 0.717) is 12.0 Å². The van der Waals surface area contributed by atoms with Gasteiger partial charge in [0, 0.05) is 35.8 Å². The first kappa shape index (κ1) is 13.7. The van der Waals surface area contributed by atoms with Crippen molar-refractivity contribution in [2.75, 3.05) is 0 Å². The fraction of sp³-hybridized carbons (Fsp3) is 0.375. The van der Waals surface area contributed by atoms with E-state index < -0.39 is 0 Å². The first-order valence-corrected chi connectivity index (χ1v) is 6.51. The van der Waals surface area contributed by atoms with Crippen LogP contribution in [-0.4, -0.2) is 16.8 Å². The highest BCUT2D eigenvalue weighted by atomic mass is 16.1. The number of hydrogen-bond acceptors (Lipinski definition) is 3. The SMILES string of the molecule is CC(C)(C)C(N)CC(=O)c1cccc2ccncc12. The average Bonchev–Trinajstić information content (AvgIpc) is 2.36. The van der Waals surface area contributed by atoms with E-state index in [9.17, 15) is 4.79 Å². The maximum Gasteiger partial charge on any atom is 0.165 e. The number of ketones is 1. The van der Waals surface area contributed by atoms with E-state index in [4.69, 9.17) is 5.73 Å². The molecule has 0 saturated carbocycles. The minimum absolute atomic E-state index is 0.0709. The standard InChI is InChI=1S/C16H20N2O/c1-16(2,3)15(17)9-14(19)12-6-4-5-11-7-8-18-10-13(11)12/h4-8,10,15H,9,17H2,1-3H3. The van der Waals surface area contributed by atoms with Crippen molar-refractivity contribution in [1.29, 1.82) is 0 Å². The van der Waals surface area contributed by atoms with Crippen LogP contribution >= 0.6 is 0 Å². The van der Waals surface area contributed by atoms with Crippen molar-refractivity contribution in [1.82, 2.24) is 4.98 Å². The minimum atomic E-state index is -0.146. The topological polar surface area (TPSA) is 56.0 Å². The van der Waals surface area contributed by atoms with E-state index in [0.717, 1.165) is 10.8 Å². The maximum absolute atomic E-state index is 12.4.